The Morgan fingerprint density at radius 1 is 1.05 bits per heavy atom. The smallest absolute Gasteiger partial charge is 0.290 e. The lowest BCUT2D eigenvalue weighted by Gasteiger charge is -2.27. The van der Waals surface area contributed by atoms with E-state index in [9.17, 15) is 4.79 Å². The Morgan fingerprint density at radius 3 is 2.17 bits per heavy atom. The van der Waals surface area contributed by atoms with Crippen LogP contribution in [0.5, 0.6) is 0 Å². The van der Waals surface area contributed by atoms with E-state index in [0.717, 1.165) is 54.4 Å². The fraction of sp³-hybridized carbons (Fsp3) is 0.545. The second-order valence-corrected chi connectivity index (χ2v) is 11.9. The summed E-state index contributed by atoms with van der Waals surface area (Å²) >= 11 is 3.54. The number of fused-ring (bicyclic) bond motifs is 1. The molecule has 1 amide bonds. The number of benzene rings is 2. The molecular formula is C33H50N4O3S. The van der Waals surface area contributed by atoms with Crippen molar-refractivity contribution in [3.8, 4) is 11.1 Å². The van der Waals surface area contributed by atoms with Crippen LogP contribution in [0.4, 0.5) is 0 Å². The summed E-state index contributed by atoms with van der Waals surface area (Å²) in [4.78, 5) is 24.5. The van der Waals surface area contributed by atoms with E-state index in [1.54, 1.807) is 7.05 Å². The summed E-state index contributed by atoms with van der Waals surface area (Å²) in [5, 5.41) is 6.89. The van der Waals surface area contributed by atoms with E-state index in [-0.39, 0.29) is 18.3 Å². The Bertz CT molecular complexity index is 1200. The van der Waals surface area contributed by atoms with Gasteiger partial charge in [-0.3, -0.25) is 14.3 Å². The molecule has 7 nitrogen and oxygen atoms in total. The van der Waals surface area contributed by atoms with E-state index >= 15 is 0 Å². The van der Waals surface area contributed by atoms with Crippen LogP contribution in [0.25, 0.3) is 22.2 Å². The number of imidazole rings is 1. The summed E-state index contributed by atoms with van der Waals surface area (Å²) in [5.74, 6) is 3.34. The van der Waals surface area contributed by atoms with Gasteiger partial charge in [0.2, 0.25) is 5.91 Å². The molecule has 41 heavy (non-hydrogen) atoms. The second-order valence-electron chi connectivity index (χ2n) is 11.5. The van der Waals surface area contributed by atoms with Crippen LogP contribution in [0, 0.1) is 24.7 Å². The van der Waals surface area contributed by atoms with Gasteiger partial charge in [0.15, 0.2) is 0 Å². The van der Waals surface area contributed by atoms with Crippen molar-refractivity contribution < 1.29 is 14.7 Å². The molecule has 4 N–H and O–H groups in total. The Hall–Kier alpha value is -2.84. The van der Waals surface area contributed by atoms with Gasteiger partial charge in [-0.05, 0) is 79.8 Å². The van der Waals surface area contributed by atoms with Crippen LogP contribution in [-0.4, -0.2) is 34.1 Å². The number of carbonyl (C=O) groups is 2. The molecule has 0 spiro atoms. The molecule has 0 radical (unpaired) electrons. The number of aromatic nitrogens is 2. The normalized spacial score (nSPS) is 18.7. The van der Waals surface area contributed by atoms with Crippen LogP contribution < -0.4 is 10.5 Å². The number of nitrogens with zero attached hydrogens (tertiary/aromatic N) is 2. The molecule has 2 aromatic carbocycles. The molecule has 2 saturated carbocycles. The summed E-state index contributed by atoms with van der Waals surface area (Å²) in [6.07, 6.45) is 11.5. The lowest BCUT2D eigenvalue weighted by Crippen LogP contribution is -2.27. The van der Waals surface area contributed by atoms with Crippen molar-refractivity contribution >= 4 is 36.2 Å². The molecule has 8 heteroatoms. The molecule has 5 rings (SSSR count). The third-order valence-electron chi connectivity index (χ3n) is 8.49. The van der Waals surface area contributed by atoms with Gasteiger partial charge in [-0.2, -0.15) is 0 Å². The van der Waals surface area contributed by atoms with E-state index in [1.807, 2.05) is 14.0 Å². The SMILES string of the molecule is CC(C)C1CCCCC1.CNS.Cc1nc2cc(-c3ccc(C4CCCC(C(N)=O)C4)cc3)ccc2n1C.O=CO. The first-order valence-electron chi connectivity index (χ1n) is 14.9. The van der Waals surface area contributed by atoms with Crippen molar-refractivity contribution in [2.75, 3.05) is 7.05 Å². The van der Waals surface area contributed by atoms with Crippen LogP contribution in [0.3, 0.4) is 0 Å². The number of thiol groups is 1. The number of amides is 1. The molecule has 226 valence electrons. The number of nitrogens with one attached hydrogen (secondary N) is 1. The van der Waals surface area contributed by atoms with Gasteiger partial charge in [-0.25, -0.2) is 4.98 Å². The summed E-state index contributed by atoms with van der Waals surface area (Å²) in [6.45, 7) is 6.49. The van der Waals surface area contributed by atoms with Gasteiger partial charge < -0.3 is 15.4 Å². The lowest BCUT2D eigenvalue weighted by atomic mass is 9.77. The number of nitrogens with two attached hydrogens (primary N) is 1. The van der Waals surface area contributed by atoms with Gasteiger partial charge in [-0.1, -0.05) is 95.5 Å². The standard InChI is InChI=1S/C22H25N3O.C9H18.CH5NS.CH2O2/c1-14-24-20-13-18(10-11-21(20)25(14)2)16-8-6-15(7-9-16)17-4-3-5-19(12-17)22(23)26;1-8(2)9-6-4-3-5-7-9;1-2-3;2-1-3/h6-11,13,17,19H,3-5,12H2,1-2H3,(H2,23,26);8-9H,3-7H2,1-2H3;2-3H,1H3;1H,(H,2,3). The number of primary amides is 1. The number of hydrogen-bond acceptors (Lipinski definition) is 5. The quantitative estimate of drug-likeness (QED) is 0.191. The highest BCUT2D eigenvalue weighted by molar-refractivity contribution is 7.78. The van der Waals surface area contributed by atoms with Crippen molar-refractivity contribution in [2.24, 2.45) is 30.5 Å². The lowest BCUT2D eigenvalue weighted by molar-refractivity contribution is -0.123. The third-order valence-corrected chi connectivity index (χ3v) is 8.49. The topological polar surface area (TPSA) is 110 Å². The maximum Gasteiger partial charge on any atom is 0.290 e. The van der Waals surface area contributed by atoms with Gasteiger partial charge in [0.1, 0.15) is 5.82 Å². The molecule has 0 bridgehead atoms. The first-order valence-corrected chi connectivity index (χ1v) is 15.3. The van der Waals surface area contributed by atoms with Gasteiger partial charge >= 0.3 is 0 Å². The zero-order valence-corrected chi connectivity index (χ0v) is 26.4. The van der Waals surface area contributed by atoms with E-state index in [4.69, 9.17) is 15.6 Å². The maximum atomic E-state index is 11.5. The molecule has 2 fully saturated rings. The average molecular weight is 583 g/mol. The van der Waals surface area contributed by atoms with Crippen molar-refractivity contribution in [3.63, 3.8) is 0 Å². The highest BCUT2D eigenvalue weighted by Crippen LogP contribution is 2.37. The molecule has 2 aliphatic carbocycles. The van der Waals surface area contributed by atoms with Crippen LogP contribution in [0.1, 0.15) is 88.9 Å². The molecule has 2 aliphatic rings. The number of hydrogen-bond donors (Lipinski definition) is 4. The van der Waals surface area contributed by atoms with Crippen LogP contribution >= 0.6 is 12.8 Å². The predicted molar refractivity (Wildman–Crippen MR) is 173 cm³/mol. The monoisotopic (exact) mass is 582 g/mol. The molecule has 3 aromatic rings. The Labute approximate surface area is 251 Å². The van der Waals surface area contributed by atoms with Crippen LogP contribution in [0.2, 0.25) is 0 Å². The van der Waals surface area contributed by atoms with Crippen molar-refractivity contribution in [3.05, 3.63) is 53.9 Å². The number of rotatable bonds is 4. The first-order chi connectivity index (χ1) is 19.7. The maximum absolute atomic E-state index is 11.5. The number of aryl methyl sites for hydroxylation is 2. The minimum absolute atomic E-state index is 0.0308. The zero-order chi connectivity index (χ0) is 30.4. The van der Waals surface area contributed by atoms with Gasteiger partial charge in [0.25, 0.3) is 6.47 Å². The minimum atomic E-state index is -0.250. The molecule has 0 saturated heterocycles. The fourth-order valence-corrected chi connectivity index (χ4v) is 6.00. The summed E-state index contributed by atoms with van der Waals surface area (Å²) in [7, 11) is 3.78. The molecule has 2 atom stereocenters. The molecule has 1 heterocycles. The largest absolute Gasteiger partial charge is 0.483 e. The first kappa shape index (κ1) is 34.4. The average Bonchev–Trinajstić information content (AvgIpc) is 3.27. The molecule has 2 unspecified atom stereocenters. The van der Waals surface area contributed by atoms with E-state index < -0.39 is 0 Å². The van der Waals surface area contributed by atoms with Crippen molar-refractivity contribution in [1.82, 2.24) is 14.3 Å². The summed E-state index contributed by atoms with van der Waals surface area (Å²) < 4.78 is 4.56. The van der Waals surface area contributed by atoms with Crippen LogP contribution in [0.15, 0.2) is 42.5 Å². The Balaban J connectivity index is 0.000000325. The third kappa shape index (κ3) is 10.5. The molecule has 1 aromatic heterocycles. The number of carbonyl (C=O) groups excluding carboxylic acids is 1. The highest BCUT2D eigenvalue weighted by atomic mass is 32.1. The minimum Gasteiger partial charge on any atom is -0.483 e. The van der Waals surface area contributed by atoms with E-state index in [0.29, 0.717) is 5.92 Å². The molecular weight excluding hydrogens is 532 g/mol. The van der Waals surface area contributed by atoms with Gasteiger partial charge in [0, 0.05) is 13.0 Å². The van der Waals surface area contributed by atoms with Gasteiger partial charge in [-0.15, -0.1) is 0 Å². The van der Waals surface area contributed by atoms with E-state index in [2.05, 4.69) is 83.4 Å². The van der Waals surface area contributed by atoms with E-state index in [1.165, 1.54) is 48.8 Å². The Morgan fingerprint density at radius 2 is 1.63 bits per heavy atom. The highest BCUT2D eigenvalue weighted by Gasteiger charge is 2.26. The van der Waals surface area contributed by atoms with Crippen molar-refractivity contribution in [2.45, 2.75) is 84.5 Å². The number of carboxylic acid groups (broad SMARTS) is 1. The fourth-order valence-electron chi connectivity index (χ4n) is 6.00. The Kier molecular flexibility index (Phi) is 15.0. The van der Waals surface area contributed by atoms with Crippen LogP contribution in [-0.2, 0) is 16.6 Å². The van der Waals surface area contributed by atoms with Crippen molar-refractivity contribution in [1.29, 1.82) is 0 Å². The summed E-state index contributed by atoms with van der Waals surface area (Å²) in [6, 6.07) is 15.2. The zero-order valence-electron chi connectivity index (χ0n) is 25.5. The predicted octanol–water partition coefficient (Wildman–Crippen LogP) is 7.28. The molecule has 0 aliphatic heterocycles. The second kappa shape index (κ2) is 17.9. The van der Waals surface area contributed by atoms with Gasteiger partial charge in [0.05, 0.1) is 11.0 Å². The summed E-state index contributed by atoms with van der Waals surface area (Å²) in [5.41, 5.74) is 11.4.